The topological polar surface area (TPSA) is 52.6 Å². The van der Waals surface area contributed by atoms with E-state index in [-0.39, 0.29) is 10.8 Å². The predicted octanol–water partition coefficient (Wildman–Crippen LogP) is 7.84. The third-order valence-corrected chi connectivity index (χ3v) is 6.28. The molecule has 0 N–H and O–H groups in total. The third-order valence-electron chi connectivity index (χ3n) is 6.28. The molecule has 0 saturated heterocycles. The second kappa shape index (κ2) is 10.7. The smallest absolute Gasteiger partial charge is 0.343 e. The standard InChI is InChI=1S/C32H38O4/c1-9-21-11-17-27(25(19-21)31(3,4)5)35-29(33)23-13-15-24(16-14-23)30(34)36-28-18-12-22(10-2)20-26(28)32(6,7)8/h11-20H,9-10H2,1-8H3. The van der Waals surface area contributed by atoms with Gasteiger partial charge in [-0.25, -0.2) is 9.59 Å². The Morgan fingerprint density at radius 1 is 0.583 bits per heavy atom. The molecule has 0 unspecified atom stereocenters. The van der Waals surface area contributed by atoms with Gasteiger partial charge in [-0.1, -0.05) is 79.7 Å². The normalized spacial score (nSPS) is 11.8. The molecular formula is C32H38O4. The SMILES string of the molecule is CCc1ccc(OC(=O)c2ccc(C(=O)Oc3ccc(CC)cc3C(C)(C)C)cc2)c(C(C)(C)C)c1. The Labute approximate surface area is 215 Å². The second-order valence-electron chi connectivity index (χ2n) is 11.2. The molecule has 0 heterocycles. The lowest BCUT2D eigenvalue weighted by molar-refractivity contribution is 0.0717. The van der Waals surface area contributed by atoms with Crippen molar-refractivity contribution < 1.29 is 19.1 Å². The lowest BCUT2D eigenvalue weighted by Crippen LogP contribution is -2.18. The summed E-state index contributed by atoms with van der Waals surface area (Å²) in [5.74, 6) is 0.182. The molecule has 0 atom stereocenters. The molecular weight excluding hydrogens is 448 g/mol. The van der Waals surface area contributed by atoms with Crippen molar-refractivity contribution in [1.29, 1.82) is 0 Å². The summed E-state index contributed by atoms with van der Waals surface area (Å²) < 4.78 is 11.5. The van der Waals surface area contributed by atoms with Gasteiger partial charge in [0.05, 0.1) is 11.1 Å². The molecule has 4 heteroatoms. The van der Waals surface area contributed by atoms with E-state index in [9.17, 15) is 9.59 Å². The fourth-order valence-corrected chi connectivity index (χ4v) is 4.00. The summed E-state index contributed by atoms with van der Waals surface area (Å²) in [6.45, 7) is 16.8. The van der Waals surface area contributed by atoms with E-state index in [2.05, 4.69) is 67.5 Å². The summed E-state index contributed by atoms with van der Waals surface area (Å²) in [6, 6.07) is 18.3. The number of rotatable bonds is 6. The molecule has 0 amide bonds. The van der Waals surface area contributed by atoms with E-state index in [0.717, 1.165) is 24.0 Å². The lowest BCUT2D eigenvalue weighted by atomic mass is 9.85. The van der Waals surface area contributed by atoms with E-state index in [0.29, 0.717) is 22.6 Å². The first kappa shape index (κ1) is 27.2. The molecule has 0 saturated carbocycles. The number of carbonyl (C=O) groups is 2. The molecule has 0 aliphatic rings. The number of aryl methyl sites for hydroxylation is 2. The minimum atomic E-state index is -0.463. The van der Waals surface area contributed by atoms with Gasteiger partial charge in [-0.15, -0.1) is 0 Å². The van der Waals surface area contributed by atoms with Crippen LogP contribution in [0.3, 0.4) is 0 Å². The van der Waals surface area contributed by atoms with Gasteiger partial charge in [0, 0.05) is 11.1 Å². The maximum absolute atomic E-state index is 12.9. The van der Waals surface area contributed by atoms with E-state index in [1.165, 1.54) is 11.1 Å². The highest BCUT2D eigenvalue weighted by atomic mass is 16.5. The monoisotopic (exact) mass is 486 g/mol. The summed E-state index contributed by atoms with van der Waals surface area (Å²) in [5.41, 5.74) is 4.76. The van der Waals surface area contributed by atoms with Crippen molar-refractivity contribution >= 4 is 11.9 Å². The fraction of sp³-hybridized carbons (Fsp3) is 0.375. The molecule has 36 heavy (non-hydrogen) atoms. The molecule has 0 radical (unpaired) electrons. The van der Waals surface area contributed by atoms with Gasteiger partial charge in [0.1, 0.15) is 11.5 Å². The van der Waals surface area contributed by atoms with Crippen LogP contribution in [-0.2, 0) is 23.7 Å². The van der Waals surface area contributed by atoms with Crippen molar-refractivity contribution in [3.05, 3.63) is 94.0 Å². The highest BCUT2D eigenvalue weighted by Gasteiger charge is 2.23. The lowest BCUT2D eigenvalue weighted by Gasteiger charge is -2.23. The van der Waals surface area contributed by atoms with Crippen LogP contribution < -0.4 is 9.47 Å². The third kappa shape index (κ3) is 6.42. The minimum Gasteiger partial charge on any atom is -0.423 e. The summed E-state index contributed by atoms with van der Waals surface area (Å²) in [5, 5.41) is 0. The van der Waals surface area contributed by atoms with Gasteiger partial charge in [-0.3, -0.25) is 0 Å². The largest absolute Gasteiger partial charge is 0.423 e. The Kier molecular flexibility index (Phi) is 8.08. The van der Waals surface area contributed by atoms with Gasteiger partial charge < -0.3 is 9.47 Å². The zero-order valence-corrected chi connectivity index (χ0v) is 22.8. The van der Waals surface area contributed by atoms with Crippen LogP contribution in [0, 0.1) is 0 Å². The molecule has 0 spiro atoms. The van der Waals surface area contributed by atoms with Crippen LogP contribution in [0.1, 0.15) is 98.4 Å². The van der Waals surface area contributed by atoms with Crippen molar-refractivity contribution in [1.82, 2.24) is 0 Å². The molecule has 0 aliphatic heterocycles. The predicted molar refractivity (Wildman–Crippen MR) is 145 cm³/mol. The van der Waals surface area contributed by atoms with E-state index in [1.54, 1.807) is 24.3 Å². The summed E-state index contributed by atoms with van der Waals surface area (Å²) in [4.78, 5) is 25.8. The van der Waals surface area contributed by atoms with Crippen LogP contribution in [0.25, 0.3) is 0 Å². The molecule has 190 valence electrons. The van der Waals surface area contributed by atoms with Crippen molar-refractivity contribution in [3.8, 4) is 11.5 Å². The Bertz CT molecular complexity index is 1140. The number of benzene rings is 3. The van der Waals surface area contributed by atoms with Crippen LogP contribution in [0.4, 0.5) is 0 Å². The first-order chi connectivity index (χ1) is 16.8. The van der Waals surface area contributed by atoms with Gasteiger partial charge in [0.25, 0.3) is 0 Å². The molecule has 3 aromatic carbocycles. The van der Waals surface area contributed by atoms with Crippen molar-refractivity contribution in [2.24, 2.45) is 0 Å². The highest BCUT2D eigenvalue weighted by molar-refractivity contribution is 5.95. The minimum absolute atomic E-state index is 0.171. The molecule has 3 aromatic rings. The Hall–Kier alpha value is -3.40. The second-order valence-corrected chi connectivity index (χ2v) is 11.2. The maximum Gasteiger partial charge on any atom is 0.343 e. The summed E-state index contributed by atoms with van der Waals surface area (Å²) in [6.07, 6.45) is 1.82. The molecule has 0 aromatic heterocycles. The van der Waals surface area contributed by atoms with E-state index in [1.807, 2.05) is 24.3 Å². The van der Waals surface area contributed by atoms with Gasteiger partial charge in [-0.05, 0) is 71.2 Å². The van der Waals surface area contributed by atoms with Crippen LogP contribution in [-0.4, -0.2) is 11.9 Å². The number of ether oxygens (including phenoxy) is 2. The number of esters is 2. The molecule has 0 bridgehead atoms. The first-order valence-electron chi connectivity index (χ1n) is 12.6. The van der Waals surface area contributed by atoms with Gasteiger partial charge >= 0.3 is 11.9 Å². The van der Waals surface area contributed by atoms with Gasteiger partial charge in [0.15, 0.2) is 0 Å². The molecule has 0 fully saturated rings. The summed E-state index contributed by atoms with van der Waals surface area (Å²) in [7, 11) is 0. The zero-order chi connectivity index (χ0) is 26.7. The quantitative estimate of drug-likeness (QED) is 0.263. The van der Waals surface area contributed by atoms with Crippen molar-refractivity contribution in [2.75, 3.05) is 0 Å². The first-order valence-corrected chi connectivity index (χ1v) is 12.6. The maximum atomic E-state index is 12.9. The van der Waals surface area contributed by atoms with Crippen molar-refractivity contribution in [2.45, 2.75) is 79.1 Å². The van der Waals surface area contributed by atoms with Crippen molar-refractivity contribution in [3.63, 3.8) is 0 Å². The Balaban J connectivity index is 1.78. The van der Waals surface area contributed by atoms with Crippen LogP contribution in [0.2, 0.25) is 0 Å². The van der Waals surface area contributed by atoms with Gasteiger partial charge in [0.2, 0.25) is 0 Å². The number of hydrogen-bond donors (Lipinski definition) is 0. The zero-order valence-electron chi connectivity index (χ0n) is 22.8. The fourth-order valence-electron chi connectivity index (χ4n) is 4.00. The average molecular weight is 487 g/mol. The molecule has 0 aliphatic carbocycles. The molecule has 4 nitrogen and oxygen atoms in total. The van der Waals surface area contributed by atoms with Crippen LogP contribution >= 0.6 is 0 Å². The van der Waals surface area contributed by atoms with Gasteiger partial charge in [-0.2, -0.15) is 0 Å². The number of carbonyl (C=O) groups excluding carboxylic acids is 2. The van der Waals surface area contributed by atoms with Crippen LogP contribution in [0.15, 0.2) is 60.7 Å². The van der Waals surface area contributed by atoms with E-state index in [4.69, 9.17) is 9.47 Å². The number of hydrogen-bond acceptors (Lipinski definition) is 4. The molecule has 3 rings (SSSR count). The van der Waals surface area contributed by atoms with E-state index < -0.39 is 11.9 Å². The van der Waals surface area contributed by atoms with E-state index >= 15 is 0 Å². The highest BCUT2D eigenvalue weighted by Crippen LogP contribution is 2.34. The Morgan fingerprint density at radius 2 is 0.917 bits per heavy atom. The Morgan fingerprint density at radius 3 is 1.19 bits per heavy atom. The summed E-state index contributed by atoms with van der Waals surface area (Å²) >= 11 is 0. The van der Waals surface area contributed by atoms with Crippen LogP contribution in [0.5, 0.6) is 11.5 Å². The average Bonchev–Trinajstić information content (AvgIpc) is 2.83.